The molecule has 3 aromatic heterocycles. The van der Waals surface area contributed by atoms with Crippen LogP contribution in [0.5, 0.6) is 0 Å². The first-order valence-electron chi connectivity index (χ1n) is 6.54. The summed E-state index contributed by atoms with van der Waals surface area (Å²) in [6.45, 7) is 0.276. The molecule has 0 unspecified atom stereocenters. The number of hydrogen-bond donors (Lipinski definition) is 2. The van der Waals surface area contributed by atoms with E-state index in [9.17, 15) is 4.79 Å². The zero-order valence-electron chi connectivity index (χ0n) is 11.5. The smallest absolute Gasteiger partial charge is 0.273 e. The molecule has 0 spiro atoms. The van der Waals surface area contributed by atoms with E-state index in [4.69, 9.17) is 5.73 Å². The van der Waals surface area contributed by atoms with Crippen LogP contribution in [0.1, 0.15) is 16.1 Å². The summed E-state index contributed by atoms with van der Waals surface area (Å²) in [6, 6.07) is 5.47. The van der Waals surface area contributed by atoms with Crippen LogP contribution in [0.3, 0.4) is 0 Å². The lowest BCUT2D eigenvalue weighted by molar-refractivity contribution is 0.0946. The molecule has 0 fully saturated rings. The van der Waals surface area contributed by atoms with Gasteiger partial charge >= 0.3 is 0 Å². The van der Waals surface area contributed by atoms with Gasteiger partial charge in [-0.3, -0.25) is 4.79 Å². The maximum atomic E-state index is 12.1. The number of hydrogen-bond acceptors (Lipinski definition) is 6. The van der Waals surface area contributed by atoms with Crippen molar-refractivity contribution < 1.29 is 4.79 Å². The van der Waals surface area contributed by atoms with E-state index in [2.05, 4.69) is 25.4 Å². The van der Waals surface area contributed by atoms with E-state index in [-0.39, 0.29) is 24.0 Å². The second-order valence-corrected chi connectivity index (χ2v) is 4.41. The molecule has 0 aromatic carbocycles. The SMILES string of the molecule is Nc1nccnc1C(=O)NCc1cccnc1-n1cccn1. The van der Waals surface area contributed by atoms with Gasteiger partial charge in [-0.25, -0.2) is 19.6 Å². The largest absolute Gasteiger partial charge is 0.382 e. The zero-order valence-corrected chi connectivity index (χ0v) is 11.5. The molecular weight excluding hydrogens is 282 g/mol. The van der Waals surface area contributed by atoms with Gasteiger partial charge in [0.05, 0.1) is 0 Å². The summed E-state index contributed by atoms with van der Waals surface area (Å²) in [7, 11) is 0. The Bertz CT molecular complexity index is 785. The fraction of sp³-hybridized carbons (Fsp3) is 0.0714. The standard InChI is InChI=1S/C14H13N7O/c15-12-11(16-6-7-17-12)14(22)19-9-10-3-1-4-18-13(10)21-8-2-5-20-21/h1-8H,9H2,(H2,15,17)(H,19,22). The maximum absolute atomic E-state index is 12.1. The number of nitrogens with zero attached hydrogens (tertiary/aromatic N) is 5. The average Bonchev–Trinajstić information content (AvgIpc) is 3.07. The molecule has 0 saturated heterocycles. The molecule has 0 aliphatic carbocycles. The third kappa shape index (κ3) is 2.75. The minimum absolute atomic E-state index is 0.0958. The van der Waals surface area contributed by atoms with Gasteiger partial charge in [0.25, 0.3) is 5.91 Å². The highest BCUT2D eigenvalue weighted by molar-refractivity contribution is 5.96. The molecule has 3 heterocycles. The highest BCUT2D eigenvalue weighted by atomic mass is 16.1. The number of amides is 1. The van der Waals surface area contributed by atoms with Crippen molar-refractivity contribution in [3.05, 3.63) is 60.4 Å². The number of rotatable bonds is 4. The Hall–Kier alpha value is -3.29. The second kappa shape index (κ2) is 6.00. The lowest BCUT2D eigenvalue weighted by Crippen LogP contribution is -2.26. The normalized spacial score (nSPS) is 10.4. The second-order valence-electron chi connectivity index (χ2n) is 4.41. The third-order valence-corrected chi connectivity index (χ3v) is 2.97. The van der Waals surface area contributed by atoms with E-state index in [1.165, 1.54) is 12.4 Å². The molecule has 3 rings (SSSR count). The van der Waals surface area contributed by atoms with E-state index in [1.54, 1.807) is 35.4 Å². The van der Waals surface area contributed by atoms with Crippen molar-refractivity contribution in [2.24, 2.45) is 0 Å². The van der Waals surface area contributed by atoms with Gasteiger partial charge in [0.2, 0.25) is 0 Å². The molecule has 3 N–H and O–H groups in total. The number of aromatic nitrogens is 5. The molecular formula is C14H13N7O. The Balaban J connectivity index is 1.78. The number of nitrogens with one attached hydrogen (secondary N) is 1. The summed E-state index contributed by atoms with van der Waals surface area (Å²) in [5, 5.41) is 6.90. The van der Waals surface area contributed by atoms with Crippen molar-refractivity contribution >= 4 is 11.7 Å². The van der Waals surface area contributed by atoms with Crippen LogP contribution in [0.2, 0.25) is 0 Å². The van der Waals surface area contributed by atoms with Crippen LogP contribution >= 0.6 is 0 Å². The fourth-order valence-electron chi connectivity index (χ4n) is 1.95. The molecule has 0 saturated carbocycles. The van der Waals surface area contributed by atoms with Crippen LogP contribution in [-0.4, -0.2) is 30.6 Å². The minimum Gasteiger partial charge on any atom is -0.382 e. The van der Waals surface area contributed by atoms with Crippen LogP contribution in [-0.2, 0) is 6.54 Å². The molecule has 0 radical (unpaired) electrons. The highest BCUT2D eigenvalue weighted by Crippen LogP contribution is 2.10. The van der Waals surface area contributed by atoms with Gasteiger partial charge in [0.15, 0.2) is 17.3 Å². The predicted molar refractivity (Wildman–Crippen MR) is 79.0 cm³/mol. The van der Waals surface area contributed by atoms with Gasteiger partial charge < -0.3 is 11.1 Å². The summed E-state index contributed by atoms with van der Waals surface area (Å²) in [5.74, 6) is 0.360. The lowest BCUT2D eigenvalue weighted by Gasteiger charge is -2.09. The van der Waals surface area contributed by atoms with Crippen molar-refractivity contribution in [1.82, 2.24) is 30.0 Å². The highest BCUT2D eigenvalue weighted by Gasteiger charge is 2.13. The number of nitrogen functional groups attached to an aromatic ring is 1. The quantitative estimate of drug-likeness (QED) is 0.727. The Labute approximate surface area is 126 Å². The Morgan fingerprint density at radius 2 is 2.00 bits per heavy atom. The van der Waals surface area contributed by atoms with Gasteiger partial charge in [0.1, 0.15) is 0 Å². The Morgan fingerprint density at radius 3 is 2.77 bits per heavy atom. The average molecular weight is 295 g/mol. The first-order chi connectivity index (χ1) is 10.8. The number of nitrogens with two attached hydrogens (primary N) is 1. The van der Waals surface area contributed by atoms with Crippen molar-refractivity contribution in [1.29, 1.82) is 0 Å². The topological polar surface area (TPSA) is 112 Å². The van der Waals surface area contributed by atoms with Crippen LogP contribution in [0.4, 0.5) is 5.82 Å². The monoisotopic (exact) mass is 295 g/mol. The number of carbonyl (C=O) groups is 1. The Kier molecular flexibility index (Phi) is 3.73. The first-order valence-corrected chi connectivity index (χ1v) is 6.54. The lowest BCUT2D eigenvalue weighted by atomic mass is 10.2. The summed E-state index contributed by atoms with van der Waals surface area (Å²) < 4.78 is 1.64. The van der Waals surface area contributed by atoms with Crippen LogP contribution in [0.15, 0.2) is 49.2 Å². The number of carbonyl (C=O) groups excluding carboxylic acids is 1. The molecule has 8 heteroatoms. The number of pyridine rings is 1. The van der Waals surface area contributed by atoms with E-state index >= 15 is 0 Å². The van der Waals surface area contributed by atoms with Gasteiger partial charge in [0, 0.05) is 43.1 Å². The summed E-state index contributed by atoms with van der Waals surface area (Å²) in [5.41, 5.74) is 6.56. The molecule has 0 atom stereocenters. The van der Waals surface area contributed by atoms with Gasteiger partial charge in [-0.05, 0) is 12.1 Å². The van der Waals surface area contributed by atoms with Crippen LogP contribution in [0, 0.1) is 0 Å². The van der Waals surface area contributed by atoms with E-state index in [0.717, 1.165) is 5.56 Å². The molecule has 110 valence electrons. The summed E-state index contributed by atoms with van der Waals surface area (Å²) in [6.07, 6.45) is 7.97. The van der Waals surface area contributed by atoms with Crippen molar-refractivity contribution in [3.8, 4) is 5.82 Å². The summed E-state index contributed by atoms with van der Waals surface area (Å²) in [4.78, 5) is 24.2. The van der Waals surface area contributed by atoms with Crippen molar-refractivity contribution in [2.45, 2.75) is 6.54 Å². The zero-order chi connectivity index (χ0) is 15.4. The number of anilines is 1. The molecule has 22 heavy (non-hydrogen) atoms. The Morgan fingerprint density at radius 1 is 1.14 bits per heavy atom. The van der Waals surface area contributed by atoms with E-state index in [1.807, 2.05) is 6.07 Å². The maximum Gasteiger partial charge on any atom is 0.273 e. The van der Waals surface area contributed by atoms with Gasteiger partial charge in [-0.2, -0.15) is 5.10 Å². The van der Waals surface area contributed by atoms with Crippen LogP contribution in [0.25, 0.3) is 5.82 Å². The van der Waals surface area contributed by atoms with Crippen molar-refractivity contribution in [3.63, 3.8) is 0 Å². The van der Waals surface area contributed by atoms with Gasteiger partial charge in [-0.1, -0.05) is 6.07 Å². The van der Waals surface area contributed by atoms with Gasteiger partial charge in [-0.15, -0.1) is 0 Å². The van der Waals surface area contributed by atoms with Crippen LogP contribution < -0.4 is 11.1 Å². The van der Waals surface area contributed by atoms with E-state index in [0.29, 0.717) is 5.82 Å². The molecule has 0 aliphatic rings. The third-order valence-electron chi connectivity index (χ3n) is 2.97. The van der Waals surface area contributed by atoms with E-state index < -0.39 is 0 Å². The first kappa shape index (κ1) is 13.7. The van der Waals surface area contributed by atoms with Crippen molar-refractivity contribution in [2.75, 3.05) is 5.73 Å². The molecule has 3 aromatic rings. The minimum atomic E-state index is -0.388. The fourth-order valence-corrected chi connectivity index (χ4v) is 1.95. The summed E-state index contributed by atoms with van der Waals surface area (Å²) >= 11 is 0. The molecule has 8 nitrogen and oxygen atoms in total. The predicted octanol–water partition coefficient (Wildman–Crippen LogP) is 0.569. The molecule has 0 bridgehead atoms. The molecule has 1 amide bonds. The molecule has 0 aliphatic heterocycles.